The van der Waals surface area contributed by atoms with Crippen molar-refractivity contribution in [3.8, 4) is 0 Å². The first kappa shape index (κ1) is 10.0. The highest BCUT2D eigenvalue weighted by Gasteiger charge is 2.43. The number of hydrogen-bond acceptors (Lipinski definition) is 2. The third kappa shape index (κ3) is 1.64. The molecule has 0 amide bonds. The van der Waals surface area contributed by atoms with Crippen molar-refractivity contribution in [3.05, 3.63) is 0 Å². The van der Waals surface area contributed by atoms with Crippen LogP contribution < -0.4 is 0 Å². The first-order chi connectivity index (χ1) is 5.79. The van der Waals surface area contributed by atoms with Gasteiger partial charge in [-0.2, -0.15) is 0 Å². The van der Waals surface area contributed by atoms with Crippen LogP contribution in [0.5, 0.6) is 0 Å². The van der Waals surface area contributed by atoms with Crippen molar-refractivity contribution in [2.45, 2.75) is 39.9 Å². The van der Waals surface area contributed by atoms with Crippen molar-refractivity contribution in [2.24, 2.45) is 11.8 Å². The Bertz CT molecular complexity index is 120. The van der Waals surface area contributed by atoms with E-state index in [2.05, 4.69) is 13.8 Å². The van der Waals surface area contributed by atoms with Crippen molar-refractivity contribution < 1.29 is 9.47 Å². The second-order valence-electron chi connectivity index (χ2n) is 3.55. The van der Waals surface area contributed by atoms with E-state index in [1.807, 2.05) is 13.8 Å². The summed E-state index contributed by atoms with van der Waals surface area (Å²) in [4.78, 5) is 0. The SMILES string of the molecule is CC.C[C@H]1CO[C@@H]2[C@H]1OC[C@@H]2C. The Morgan fingerprint density at radius 3 is 1.50 bits per heavy atom. The Kier molecular flexibility index (Phi) is 3.53. The zero-order valence-corrected chi connectivity index (χ0v) is 8.54. The van der Waals surface area contributed by atoms with Gasteiger partial charge in [0, 0.05) is 11.8 Å². The fourth-order valence-electron chi connectivity index (χ4n) is 1.88. The maximum absolute atomic E-state index is 5.58. The van der Waals surface area contributed by atoms with Crippen LogP contribution in [0.4, 0.5) is 0 Å². The second-order valence-corrected chi connectivity index (χ2v) is 3.55. The lowest BCUT2D eigenvalue weighted by Crippen LogP contribution is -2.23. The van der Waals surface area contributed by atoms with E-state index in [0.29, 0.717) is 24.0 Å². The summed E-state index contributed by atoms with van der Waals surface area (Å²) in [5.41, 5.74) is 0. The zero-order valence-electron chi connectivity index (χ0n) is 8.54. The molecule has 2 nitrogen and oxygen atoms in total. The molecule has 0 bridgehead atoms. The lowest BCUT2D eigenvalue weighted by Gasteiger charge is -2.10. The van der Waals surface area contributed by atoms with E-state index in [9.17, 15) is 0 Å². The molecule has 2 aliphatic rings. The molecule has 2 heteroatoms. The fraction of sp³-hybridized carbons (Fsp3) is 1.00. The summed E-state index contributed by atoms with van der Waals surface area (Å²) in [5, 5.41) is 0. The molecule has 0 aromatic rings. The predicted molar refractivity (Wildman–Crippen MR) is 49.2 cm³/mol. The topological polar surface area (TPSA) is 18.5 Å². The third-order valence-corrected chi connectivity index (χ3v) is 2.55. The van der Waals surface area contributed by atoms with Gasteiger partial charge in [0.05, 0.1) is 25.4 Å². The Morgan fingerprint density at radius 2 is 1.17 bits per heavy atom. The predicted octanol–water partition coefficient (Wildman–Crippen LogP) is 2.08. The quantitative estimate of drug-likeness (QED) is 0.557. The second kappa shape index (κ2) is 4.24. The van der Waals surface area contributed by atoms with Gasteiger partial charge in [0.1, 0.15) is 0 Å². The van der Waals surface area contributed by atoms with E-state index in [0.717, 1.165) is 13.2 Å². The number of hydrogen-bond donors (Lipinski definition) is 0. The molecule has 0 aromatic carbocycles. The molecule has 2 aliphatic heterocycles. The molecule has 72 valence electrons. The summed E-state index contributed by atoms with van der Waals surface area (Å²) in [5.74, 6) is 1.21. The van der Waals surface area contributed by atoms with Gasteiger partial charge >= 0.3 is 0 Å². The highest BCUT2D eigenvalue weighted by Crippen LogP contribution is 2.33. The Labute approximate surface area is 75.2 Å². The van der Waals surface area contributed by atoms with Crippen molar-refractivity contribution in [1.29, 1.82) is 0 Å². The van der Waals surface area contributed by atoms with Crippen LogP contribution in [0.25, 0.3) is 0 Å². The minimum atomic E-state index is 0.398. The molecule has 0 radical (unpaired) electrons. The van der Waals surface area contributed by atoms with Crippen LogP contribution in [0.1, 0.15) is 27.7 Å². The molecular formula is C10H20O2. The fourth-order valence-corrected chi connectivity index (χ4v) is 1.88. The largest absolute Gasteiger partial charge is 0.375 e. The van der Waals surface area contributed by atoms with Gasteiger partial charge in [-0.15, -0.1) is 0 Å². The molecule has 0 aliphatic carbocycles. The third-order valence-electron chi connectivity index (χ3n) is 2.55. The average molecular weight is 172 g/mol. The highest BCUT2D eigenvalue weighted by atomic mass is 16.6. The molecule has 0 aromatic heterocycles. The van der Waals surface area contributed by atoms with Crippen LogP contribution in [0, 0.1) is 11.8 Å². The van der Waals surface area contributed by atoms with E-state index < -0.39 is 0 Å². The first-order valence-electron chi connectivity index (χ1n) is 5.02. The van der Waals surface area contributed by atoms with Gasteiger partial charge < -0.3 is 9.47 Å². The van der Waals surface area contributed by atoms with Gasteiger partial charge in [0.2, 0.25) is 0 Å². The Balaban J connectivity index is 0.000000336. The van der Waals surface area contributed by atoms with Gasteiger partial charge in [-0.1, -0.05) is 27.7 Å². The number of rotatable bonds is 0. The lowest BCUT2D eigenvalue weighted by atomic mass is 9.99. The molecule has 2 rings (SSSR count). The molecule has 2 saturated heterocycles. The van der Waals surface area contributed by atoms with Crippen LogP contribution in [-0.4, -0.2) is 25.4 Å². The standard InChI is InChI=1S/C8H14O2.C2H6/c1-5-3-9-8-6(2)4-10-7(5)8;1-2/h5-8H,3-4H2,1-2H3;1-2H3/t5-,6-,7-,8-;/m0./s1. The van der Waals surface area contributed by atoms with E-state index in [1.54, 1.807) is 0 Å². The minimum absolute atomic E-state index is 0.398. The van der Waals surface area contributed by atoms with E-state index in [4.69, 9.17) is 9.47 Å². The molecule has 0 spiro atoms. The van der Waals surface area contributed by atoms with E-state index >= 15 is 0 Å². The number of ether oxygens (including phenoxy) is 2. The molecule has 2 fully saturated rings. The summed E-state index contributed by atoms with van der Waals surface area (Å²) in [6, 6.07) is 0. The molecule has 0 saturated carbocycles. The number of fused-ring (bicyclic) bond motifs is 1. The van der Waals surface area contributed by atoms with Crippen LogP contribution in [0.2, 0.25) is 0 Å². The van der Waals surface area contributed by atoms with Gasteiger partial charge in [-0.3, -0.25) is 0 Å². The minimum Gasteiger partial charge on any atom is -0.375 e. The van der Waals surface area contributed by atoms with Crippen LogP contribution in [0.15, 0.2) is 0 Å². The van der Waals surface area contributed by atoms with Gasteiger partial charge in [-0.05, 0) is 0 Å². The molecular weight excluding hydrogens is 152 g/mol. The Morgan fingerprint density at radius 1 is 0.833 bits per heavy atom. The van der Waals surface area contributed by atoms with Crippen LogP contribution in [0.3, 0.4) is 0 Å². The summed E-state index contributed by atoms with van der Waals surface area (Å²) < 4.78 is 11.2. The normalized spacial score (nSPS) is 45.0. The maximum atomic E-state index is 5.58. The first-order valence-corrected chi connectivity index (χ1v) is 5.02. The maximum Gasteiger partial charge on any atom is 0.0887 e. The van der Waals surface area contributed by atoms with Crippen molar-refractivity contribution in [1.82, 2.24) is 0 Å². The Hall–Kier alpha value is -0.0800. The molecule has 0 unspecified atom stereocenters. The van der Waals surface area contributed by atoms with Crippen molar-refractivity contribution >= 4 is 0 Å². The van der Waals surface area contributed by atoms with Crippen molar-refractivity contribution in [2.75, 3.05) is 13.2 Å². The average Bonchev–Trinajstić information content (AvgIpc) is 2.62. The van der Waals surface area contributed by atoms with Crippen LogP contribution >= 0.6 is 0 Å². The zero-order chi connectivity index (χ0) is 9.14. The molecule has 12 heavy (non-hydrogen) atoms. The summed E-state index contributed by atoms with van der Waals surface area (Å²) >= 11 is 0. The smallest absolute Gasteiger partial charge is 0.0887 e. The van der Waals surface area contributed by atoms with Crippen LogP contribution in [-0.2, 0) is 9.47 Å². The summed E-state index contributed by atoms with van der Waals surface area (Å²) in [6.07, 6.45) is 0.796. The van der Waals surface area contributed by atoms with E-state index in [-0.39, 0.29) is 0 Å². The van der Waals surface area contributed by atoms with Gasteiger partial charge in [0.15, 0.2) is 0 Å². The monoisotopic (exact) mass is 172 g/mol. The van der Waals surface area contributed by atoms with Gasteiger partial charge in [-0.25, -0.2) is 0 Å². The van der Waals surface area contributed by atoms with Crippen molar-refractivity contribution in [3.63, 3.8) is 0 Å². The summed E-state index contributed by atoms with van der Waals surface area (Å²) in [6.45, 7) is 10.2. The molecule has 4 atom stereocenters. The lowest BCUT2D eigenvalue weighted by molar-refractivity contribution is 0.0627. The van der Waals surface area contributed by atoms with E-state index in [1.165, 1.54) is 0 Å². The molecule has 2 heterocycles. The van der Waals surface area contributed by atoms with Gasteiger partial charge in [0.25, 0.3) is 0 Å². The summed E-state index contributed by atoms with van der Waals surface area (Å²) in [7, 11) is 0. The molecule has 0 N–H and O–H groups in total. The highest BCUT2D eigenvalue weighted by molar-refractivity contribution is 4.90.